The van der Waals surface area contributed by atoms with Crippen molar-refractivity contribution in [2.24, 2.45) is 0 Å². The molecule has 0 radical (unpaired) electrons. The number of aliphatic hydroxyl groups is 2. The van der Waals surface area contributed by atoms with Crippen LogP contribution in [0.4, 0.5) is 30.7 Å². The van der Waals surface area contributed by atoms with Crippen LogP contribution in [0.1, 0.15) is 6.92 Å². The van der Waals surface area contributed by atoms with E-state index in [9.17, 15) is 30.7 Å². The molecule has 16 heavy (non-hydrogen) atoms. The molecule has 1 unspecified atom stereocenters. The Bertz CT molecular complexity index is 225. The van der Waals surface area contributed by atoms with Gasteiger partial charge in [-0.2, -0.15) is 17.6 Å². The van der Waals surface area contributed by atoms with Crippen molar-refractivity contribution < 1.29 is 40.9 Å². The number of alkyl halides is 7. The Labute approximate surface area is 85.7 Å². The van der Waals surface area contributed by atoms with Gasteiger partial charge in [0.25, 0.3) is 0 Å². The topological polar surface area (TPSA) is 40.5 Å². The number of halogens is 7. The minimum absolute atomic E-state index is 0.465. The average molecular weight is 258 g/mol. The average Bonchev–Trinajstić information content (AvgIpc) is 2.16. The molecule has 1 atom stereocenters. The second-order valence-electron chi connectivity index (χ2n) is 3.30. The molecule has 0 fully saturated rings. The van der Waals surface area contributed by atoms with Crippen LogP contribution in [0.15, 0.2) is 0 Å². The van der Waals surface area contributed by atoms with Gasteiger partial charge < -0.3 is 10.2 Å². The van der Waals surface area contributed by atoms with E-state index in [2.05, 4.69) is 0 Å². The van der Waals surface area contributed by atoms with Crippen LogP contribution in [-0.2, 0) is 0 Å². The summed E-state index contributed by atoms with van der Waals surface area (Å²) in [6.07, 6.45) is 0. The fourth-order valence-electron chi connectivity index (χ4n) is 0.821. The molecular weight excluding hydrogens is 249 g/mol. The van der Waals surface area contributed by atoms with Crippen molar-refractivity contribution in [3.8, 4) is 0 Å². The SMILES string of the molecule is CC(F)(C(F)(F)CO)C(F)(F)C(F)(F)CO. The van der Waals surface area contributed by atoms with E-state index in [1.54, 1.807) is 0 Å². The quantitative estimate of drug-likeness (QED) is 0.735. The third-order valence-electron chi connectivity index (χ3n) is 2.13. The smallest absolute Gasteiger partial charge is 0.351 e. The third-order valence-corrected chi connectivity index (χ3v) is 2.13. The highest BCUT2D eigenvalue weighted by atomic mass is 19.3. The van der Waals surface area contributed by atoms with Crippen molar-refractivity contribution in [2.45, 2.75) is 30.4 Å². The van der Waals surface area contributed by atoms with Crippen LogP contribution in [0.3, 0.4) is 0 Å². The van der Waals surface area contributed by atoms with Gasteiger partial charge in [0.2, 0.25) is 5.67 Å². The van der Waals surface area contributed by atoms with Crippen molar-refractivity contribution in [1.82, 2.24) is 0 Å². The zero-order valence-electron chi connectivity index (χ0n) is 7.95. The molecule has 0 heterocycles. The number of rotatable bonds is 5. The maximum absolute atomic E-state index is 13.1. The van der Waals surface area contributed by atoms with Gasteiger partial charge in [-0.3, -0.25) is 0 Å². The van der Waals surface area contributed by atoms with E-state index in [-0.39, 0.29) is 0 Å². The van der Waals surface area contributed by atoms with Gasteiger partial charge in [0, 0.05) is 0 Å². The molecular formula is C7H9F7O2. The van der Waals surface area contributed by atoms with Crippen LogP contribution < -0.4 is 0 Å². The molecule has 0 saturated heterocycles. The van der Waals surface area contributed by atoms with Gasteiger partial charge in [0.15, 0.2) is 0 Å². The summed E-state index contributed by atoms with van der Waals surface area (Å²) in [6, 6.07) is 0. The zero-order chi connectivity index (χ0) is 13.4. The van der Waals surface area contributed by atoms with Crippen molar-refractivity contribution >= 4 is 0 Å². The van der Waals surface area contributed by atoms with Gasteiger partial charge in [0.1, 0.15) is 13.2 Å². The number of hydrogen-bond donors (Lipinski definition) is 2. The molecule has 0 amide bonds. The maximum atomic E-state index is 13.1. The van der Waals surface area contributed by atoms with E-state index in [0.717, 1.165) is 0 Å². The lowest BCUT2D eigenvalue weighted by atomic mass is 9.88. The van der Waals surface area contributed by atoms with Crippen LogP contribution in [0, 0.1) is 0 Å². The molecule has 98 valence electrons. The van der Waals surface area contributed by atoms with E-state index in [0.29, 0.717) is 0 Å². The summed E-state index contributed by atoms with van der Waals surface area (Å²) in [5.41, 5.74) is -5.00. The molecule has 0 aliphatic rings. The molecule has 0 saturated carbocycles. The first-order valence-electron chi connectivity index (χ1n) is 3.91. The fourth-order valence-corrected chi connectivity index (χ4v) is 0.821. The zero-order valence-corrected chi connectivity index (χ0v) is 7.95. The van der Waals surface area contributed by atoms with E-state index in [1.807, 2.05) is 0 Å². The largest absolute Gasteiger partial charge is 0.390 e. The lowest BCUT2D eigenvalue weighted by Gasteiger charge is -2.38. The molecule has 0 spiro atoms. The summed E-state index contributed by atoms with van der Waals surface area (Å²) in [6.45, 7) is -5.33. The van der Waals surface area contributed by atoms with E-state index in [4.69, 9.17) is 10.2 Å². The van der Waals surface area contributed by atoms with Gasteiger partial charge in [0.05, 0.1) is 0 Å². The highest BCUT2D eigenvalue weighted by molar-refractivity contribution is 5.06. The second-order valence-corrected chi connectivity index (χ2v) is 3.30. The minimum Gasteiger partial charge on any atom is -0.390 e. The lowest BCUT2D eigenvalue weighted by Crippen LogP contribution is -2.64. The highest BCUT2D eigenvalue weighted by Crippen LogP contribution is 2.50. The summed E-state index contributed by atoms with van der Waals surface area (Å²) in [4.78, 5) is 0. The van der Waals surface area contributed by atoms with Crippen molar-refractivity contribution in [3.63, 3.8) is 0 Å². The fraction of sp³-hybridized carbons (Fsp3) is 1.00. The Morgan fingerprint density at radius 2 is 1.06 bits per heavy atom. The summed E-state index contributed by atoms with van der Waals surface area (Å²) < 4.78 is 88.7. The van der Waals surface area contributed by atoms with E-state index < -0.39 is 43.6 Å². The van der Waals surface area contributed by atoms with E-state index in [1.165, 1.54) is 0 Å². The predicted molar refractivity (Wildman–Crippen MR) is 38.5 cm³/mol. The molecule has 0 rings (SSSR count). The standard InChI is InChI=1S/C7H9F7O2/c1-4(8,5(9,10)2-15)7(13,14)6(11,12)3-16/h15-16H,2-3H2,1H3. The van der Waals surface area contributed by atoms with Crippen molar-refractivity contribution in [3.05, 3.63) is 0 Å². The molecule has 0 aliphatic heterocycles. The Kier molecular flexibility index (Phi) is 3.88. The predicted octanol–water partition coefficient (Wildman–Crippen LogP) is 1.61. The Morgan fingerprint density at radius 3 is 1.31 bits per heavy atom. The molecule has 2 nitrogen and oxygen atoms in total. The maximum Gasteiger partial charge on any atom is 0.351 e. The lowest BCUT2D eigenvalue weighted by molar-refractivity contribution is -0.327. The Balaban J connectivity index is 5.46. The van der Waals surface area contributed by atoms with E-state index >= 15 is 0 Å². The normalized spacial score (nSPS) is 18.4. The molecule has 9 heteroatoms. The molecule has 0 aliphatic carbocycles. The van der Waals surface area contributed by atoms with Gasteiger partial charge >= 0.3 is 17.8 Å². The van der Waals surface area contributed by atoms with Crippen LogP contribution in [0.25, 0.3) is 0 Å². The van der Waals surface area contributed by atoms with Gasteiger partial charge in [-0.05, 0) is 6.92 Å². The highest BCUT2D eigenvalue weighted by Gasteiger charge is 2.76. The molecule has 0 aromatic rings. The molecule has 0 aromatic heterocycles. The number of hydrogen-bond acceptors (Lipinski definition) is 2. The summed E-state index contributed by atoms with van der Waals surface area (Å²) in [5.74, 6) is -16.3. The third kappa shape index (κ3) is 1.97. The van der Waals surface area contributed by atoms with Crippen LogP contribution in [0.2, 0.25) is 0 Å². The van der Waals surface area contributed by atoms with Gasteiger partial charge in [-0.25, -0.2) is 13.2 Å². The molecule has 0 aromatic carbocycles. The first-order chi connectivity index (χ1) is 6.87. The minimum atomic E-state index is -5.83. The summed E-state index contributed by atoms with van der Waals surface area (Å²) >= 11 is 0. The van der Waals surface area contributed by atoms with Crippen LogP contribution >= 0.6 is 0 Å². The van der Waals surface area contributed by atoms with Crippen LogP contribution in [0.5, 0.6) is 0 Å². The van der Waals surface area contributed by atoms with Gasteiger partial charge in [-0.1, -0.05) is 0 Å². The second kappa shape index (κ2) is 4.02. The Morgan fingerprint density at radius 1 is 0.750 bits per heavy atom. The molecule has 0 bridgehead atoms. The van der Waals surface area contributed by atoms with Crippen molar-refractivity contribution in [1.29, 1.82) is 0 Å². The summed E-state index contributed by atoms with van der Waals surface area (Å²) in [5, 5.41) is 15.9. The molecule has 2 N–H and O–H groups in total. The Hall–Kier alpha value is -0.570. The first-order valence-corrected chi connectivity index (χ1v) is 3.91. The van der Waals surface area contributed by atoms with Gasteiger partial charge in [-0.15, -0.1) is 0 Å². The monoisotopic (exact) mass is 258 g/mol. The number of aliphatic hydroxyl groups excluding tert-OH is 2. The first kappa shape index (κ1) is 15.4. The van der Waals surface area contributed by atoms with Crippen molar-refractivity contribution in [2.75, 3.05) is 13.2 Å². The van der Waals surface area contributed by atoms with Crippen LogP contribution in [-0.4, -0.2) is 46.9 Å². The summed E-state index contributed by atoms with van der Waals surface area (Å²) in [7, 11) is 0.